The molecule has 20 heavy (non-hydrogen) atoms. The van der Waals surface area contributed by atoms with E-state index in [0.717, 1.165) is 0 Å². The van der Waals surface area contributed by atoms with E-state index in [1.54, 1.807) is 0 Å². The van der Waals surface area contributed by atoms with Crippen molar-refractivity contribution in [1.82, 2.24) is 0 Å². The lowest BCUT2D eigenvalue weighted by Gasteiger charge is -2.02. The topological polar surface area (TPSA) is 78.7 Å². The van der Waals surface area contributed by atoms with Crippen LogP contribution in [-0.2, 0) is 4.74 Å². The summed E-state index contributed by atoms with van der Waals surface area (Å²) in [5, 5.41) is 13.2. The smallest absolute Gasteiger partial charge is 0.421 e. The fourth-order valence-corrected chi connectivity index (χ4v) is 3.32. The fraction of sp³-hybridized carbons (Fsp3) is 0.100. The van der Waals surface area contributed by atoms with Gasteiger partial charge in [-0.25, -0.2) is 4.79 Å². The van der Waals surface area contributed by atoms with Gasteiger partial charge < -0.3 is 9.47 Å². The van der Waals surface area contributed by atoms with Gasteiger partial charge in [-0.1, -0.05) is 0 Å². The lowest BCUT2D eigenvalue weighted by atomic mass is 10.3. The van der Waals surface area contributed by atoms with Gasteiger partial charge >= 0.3 is 6.16 Å². The zero-order chi connectivity index (χ0) is 15.0. The third-order valence-corrected chi connectivity index (χ3v) is 6.30. The Bertz CT molecular complexity index is 543. The van der Waals surface area contributed by atoms with Gasteiger partial charge in [0.1, 0.15) is 5.75 Å². The quantitative estimate of drug-likeness (QED) is 0.104. The molecule has 0 heterocycles. The zero-order valence-corrected chi connectivity index (χ0v) is 15.6. The second-order valence-electron chi connectivity index (χ2n) is 2.96. The van der Waals surface area contributed by atoms with Crippen LogP contribution in [-0.4, -0.2) is 17.7 Å². The number of halogens is 2. The molecule has 0 aromatic heterocycles. The van der Waals surface area contributed by atoms with E-state index in [0.29, 0.717) is 0 Å². The van der Waals surface area contributed by atoms with E-state index in [-0.39, 0.29) is 20.5 Å². The maximum absolute atomic E-state index is 11.3. The van der Waals surface area contributed by atoms with Crippen LogP contribution in [0.1, 0.15) is 0 Å². The van der Waals surface area contributed by atoms with E-state index in [2.05, 4.69) is 55.3 Å². The molecule has 0 saturated carbocycles. The number of non-ortho nitro benzene ring substituents is 1. The van der Waals surface area contributed by atoms with E-state index in [4.69, 9.17) is 9.47 Å². The molecule has 0 aliphatic carbocycles. The Morgan fingerprint density at radius 1 is 1.40 bits per heavy atom. The molecular weight excluding hydrogens is 531 g/mol. The summed E-state index contributed by atoms with van der Waals surface area (Å²) in [6.07, 6.45) is -0.899. The average molecular weight is 537 g/mol. The minimum Gasteiger partial charge on any atom is -0.421 e. The van der Waals surface area contributed by atoms with Crippen molar-refractivity contribution in [3.05, 3.63) is 34.4 Å². The van der Waals surface area contributed by atoms with Crippen molar-refractivity contribution in [2.75, 3.05) is 6.61 Å². The number of benzene rings is 1. The molecule has 0 bridgehead atoms. The van der Waals surface area contributed by atoms with Crippen LogP contribution in [0.3, 0.4) is 0 Å². The normalized spacial score (nSPS) is 9.55. The number of rotatable bonds is 4. The molecule has 1 rings (SSSR count). The van der Waals surface area contributed by atoms with Gasteiger partial charge in [-0.2, -0.15) is 0 Å². The first-order chi connectivity index (χ1) is 9.49. The predicted octanol–water partition coefficient (Wildman–Crippen LogP) is 4.90. The predicted molar refractivity (Wildman–Crippen MR) is 95.4 cm³/mol. The number of nitro groups is 1. The maximum atomic E-state index is 11.3. The van der Waals surface area contributed by atoms with E-state index in [1.165, 1.54) is 35.6 Å². The Labute approximate surface area is 146 Å². The van der Waals surface area contributed by atoms with Crippen LogP contribution >= 0.6 is 57.9 Å². The Hall–Kier alpha value is -0.310. The van der Waals surface area contributed by atoms with Crippen LogP contribution in [0, 0.1) is 21.3 Å². The van der Waals surface area contributed by atoms with Gasteiger partial charge in [-0.05, 0) is 78.8 Å². The van der Waals surface area contributed by atoms with Crippen molar-refractivity contribution in [1.29, 1.82) is 0 Å². The summed E-state index contributed by atoms with van der Waals surface area (Å²) >= 11 is 5.99. The molecule has 0 unspecified atom stereocenters. The van der Waals surface area contributed by atoms with Gasteiger partial charge in [0.2, 0.25) is 0 Å². The molecule has 0 fully saturated rings. The van der Waals surface area contributed by atoms with Crippen LogP contribution in [0.25, 0.3) is 0 Å². The first-order valence-electron chi connectivity index (χ1n) is 4.84. The van der Waals surface area contributed by atoms with Crippen molar-refractivity contribution >= 4 is 69.7 Å². The van der Waals surface area contributed by atoms with Crippen LogP contribution in [0.4, 0.5) is 10.5 Å². The summed E-state index contributed by atoms with van der Waals surface area (Å²) < 4.78 is 9.32. The van der Waals surface area contributed by atoms with Crippen molar-refractivity contribution in [2.24, 2.45) is 0 Å². The average Bonchev–Trinajstić information content (AvgIpc) is 2.38. The van der Waals surface area contributed by atoms with Crippen molar-refractivity contribution in [2.45, 2.75) is 0 Å². The molecule has 0 N–H and O–H groups in total. The Morgan fingerprint density at radius 3 is 2.60 bits per heavy atom. The van der Waals surface area contributed by atoms with Crippen LogP contribution in [0.5, 0.6) is 5.75 Å². The number of ether oxygens (including phenoxy) is 2. The molecule has 10 heteroatoms. The third-order valence-electron chi connectivity index (χ3n) is 1.70. The minimum atomic E-state index is -0.899. The molecule has 0 atom stereocenters. The highest BCUT2D eigenvalue weighted by Gasteiger charge is 2.08. The number of hydrogen-bond acceptors (Lipinski definition) is 6. The first kappa shape index (κ1) is 17.7. The van der Waals surface area contributed by atoms with Crippen molar-refractivity contribution in [3.63, 3.8) is 0 Å². The SMILES string of the molecule is O=C(OCC#CSP(I)I)Oc1ccc([N+](=O)[O-])cc1. The zero-order valence-electron chi connectivity index (χ0n) is 9.62. The molecule has 106 valence electrons. The summed E-state index contributed by atoms with van der Waals surface area (Å²) in [6.45, 7) is -0.0602. The summed E-state index contributed by atoms with van der Waals surface area (Å²) in [6, 6.07) is 5.12. The Balaban J connectivity index is 2.38. The maximum Gasteiger partial charge on any atom is 0.514 e. The molecule has 0 radical (unpaired) electrons. The van der Waals surface area contributed by atoms with Crippen LogP contribution in [0.15, 0.2) is 24.3 Å². The summed E-state index contributed by atoms with van der Waals surface area (Å²) in [5.74, 6) is 2.84. The summed E-state index contributed by atoms with van der Waals surface area (Å²) in [7, 11) is 0. The molecule has 6 nitrogen and oxygen atoms in total. The molecule has 1 aromatic rings. The summed E-state index contributed by atoms with van der Waals surface area (Å²) in [4.78, 5) is 21.2. The van der Waals surface area contributed by atoms with E-state index >= 15 is 0 Å². The monoisotopic (exact) mass is 537 g/mol. The van der Waals surface area contributed by atoms with E-state index in [9.17, 15) is 14.9 Å². The first-order valence-corrected chi connectivity index (χ1v) is 13.2. The molecule has 1 aromatic carbocycles. The fourth-order valence-electron chi connectivity index (χ4n) is 0.953. The van der Waals surface area contributed by atoms with Crippen LogP contribution < -0.4 is 4.74 Å². The standard InChI is InChI=1S/C10H6I2NO5PS/c11-19(12)20-7-1-6-17-10(14)18-9-4-2-8(3-5-9)13(15)16/h2-5H,6H2. The van der Waals surface area contributed by atoms with Crippen molar-refractivity contribution in [3.8, 4) is 16.9 Å². The van der Waals surface area contributed by atoms with Crippen molar-refractivity contribution < 1.29 is 19.2 Å². The molecule has 0 aliphatic heterocycles. The van der Waals surface area contributed by atoms with Gasteiger partial charge in [0, 0.05) is 12.1 Å². The second-order valence-corrected chi connectivity index (χ2v) is 20.7. The Kier molecular flexibility index (Phi) is 8.51. The number of nitro benzene ring substituents is 1. The lowest BCUT2D eigenvalue weighted by molar-refractivity contribution is -0.384. The summed E-state index contributed by atoms with van der Waals surface area (Å²) in [5.41, 5.74) is -0.0808. The third kappa shape index (κ3) is 7.47. The Morgan fingerprint density at radius 2 is 2.05 bits per heavy atom. The highest BCUT2D eigenvalue weighted by molar-refractivity contribution is 14.3. The van der Waals surface area contributed by atoms with Crippen LogP contribution in [0.2, 0.25) is 0 Å². The van der Waals surface area contributed by atoms with E-state index in [1.807, 2.05) is 0 Å². The number of hydrogen-bond donors (Lipinski definition) is 0. The van der Waals surface area contributed by atoms with Gasteiger partial charge in [0.25, 0.3) is 5.69 Å². The molecule has 0 amide bonds. The highest BCUT2D eigenvalue weighted by atomic mass is 127. The van der Waals surface area contributed by atoms with E-state index < -0.39 is 11.1 Å². The number of nitrogens with zero attached hydrogens (tertiary/aromatic N) is 1. The molecule has 0 spiro atoms. The largest absolute Gasteiger partial charge is 0.514 e. The van der Waals surface area contributed by atoms with Gasteiger partial charge in [0.15, 0.2) is 6.61 Å². The lowest BCUT2D eigenvalue weighted by Crippen LogP contribution is -2.10. The second kappa shape index (κ2) is 9.59. The van der Waals surface area contributed by atoms with Gasteiger partial charge in [-0.3, -0.25) is 10.1 Å². The number of carbonyl (C=O) groups excluding carboxylic acids is 1. The highest BCUT2D eigenvalue weighted by Crippen LogP contribution is 2.64. The van der Waals surface area contributed by atoms with Gasteiger partial charge in [-0.15, -0.1) is 0 Å². The molecule has 0 saturated heterocycles. The molecule has 0 aliphatic rings. The number of carbonyl (C=O) groups is 1. The molecular formula is C10H6I2NO5PS. The van der Waals surface area contributed by atoms with Gasteiger partial charge in [0.05, 0.1) is 7.33 Å². The minimum absolute atomic E-state index is 0.0602.